The van der Waals surface area contributed by atoms with Crippen molar-refractivity contribution in [1.82, 2.24) is 4.57 Å². The summed E-state index contributed by atoms with van der Waals surface area (Å²) in [5.74, 6) is -1.07. The smallest absolute Gasteiger partial charge is 0.338 e. The zero-order valence-electron chi connectivity index (χ0n) is 15.3. The number of allylic oxidation sites excluding steroid dienone is 1. The average molecular weight is 449 g/mol. The molecule has 3 heterocycles. The van der Waals surface area contributed by atoms with Gasteiger partial charge in [-0.05, 0) is 36.6 Å². The Morgan fingerprint density at radius 1 is 1.34 bits per heavy atom. The van der Waals surface area contributed by atoms with Crippen LogP contribution in [0.2, 0.25) is 5.02 Å². The van der Waals surface area contributed by atoms with Crippen molar-refractivity contribution >= 4 is 46.3 Å². The molecule has 0 spiro atoms. The second kappa shape index (κ2) is 7.70. The summed E-state index contributed by atoms with van der Waals surface area (Å²) in [4.78, 5) is 31.4. The van der Waals surface area contributed by atoms with Gasteiger partial charge in [0, 0.05) is 10.4 Å². The summed E-state index contributed by atoms with van der Waals surface area (Å²) in [7, 11) is 1.29. The van der Waals surface area contributed by atoms with E-state index in [9.17, 15) is 14.0 Å². The molecule has 29 heavy (non-hydrogen) atoms. The lowest BCUT2D eigenvalue weighted by Gasteiger charge is -2.22. The van der Waals surface area contributed by atoms with Gasteiger partial charge in [0.15, 0.2) is 4.80 Å². The summed E-state index contributed by atoms with van der Waals surface area (Å²) in [5.41, 5.74) is 0.543. The average Bonchev–Trinajstić information content (AvgIpc) is 3.32. The minimum Gasteiger partial charge on any atom is -0.466 e. The summed E-state index contributed by atoms with van der Waals surface area (Å²) in [6, 6.07) is 7.38. The molecule has 148 valence electrons. The Balaban J connectivity index is 2.00. The largest absolute Gasteiger partial charge is 0.466 e. The zero-order valence-corrected chi connectivity index (χ0v) is 17.7. The fraction of sp³-hybridized carbons (Fsp3) is 0.150. The van der Waals surface area contributed by atoms with E-state index in [0.29, 0.717) is 16.1 Å². The number of aromatic nitrogens is 1. The van der Waals surface area contributed by atoms with E-state index < -0.39 is 17.8 Å². The van der Waals surface area contributed by atoms with Crippen LogP contribution in [0.15, 0.2) is 56.8 Å². The number of hydrogen-bond donors (Lipinski definition) is 0. The first-order chi connectivity index (χ1) is 13.9. The fourth-order valence-electron chi connectivity index (χ4n) is 3.19. The number of halogens is 2. The molecule has 3 aromatic rings. The lowest BCUT2D eigenvalue weighted by atomic mass is 10.0. The van der Waals surface area contributed by atoms with Gasteiger partial charge in [-0.3, -0.25) is 9.36 Å². The van der Waals surface area contributed by atoms with Crippen molar-refractivity contribution in [2.45, 2.75) is 13.0 Å². The highest BCUT2D eigenvalue weighted by Gasteiger charge is 2.33. The predicted octanol–water partition coefficient (Wildman–Crippen LogP) is 3.26. The van der Waals surface area contributed by atoms with Crippen LogP contribution in [0, 0.1) is 5.82 Å². The Hall–Kier alpha value is -2.55. The van der Waals surface area contributed by atoms with Crippen LogP contribution < -0.4 is 14.9 Å². The third kappa shape index (κ3) is 3.37. The normalized spacial score (nSPS) is 16.6. The van der Waals surface area contributed by atoms with Crippen LogP contribution >= 0.6 is 34.3 Å². The van der Waals surface area contributed by atoms with Crippen molar-refractivity contribution in [1.29, 1.82) is 0 Å². The van der Waals surface area contributed by atoms with Gasteiger partial charge in [0.25, 0.3) is 5.56 Å². The van der Waals surface area contributed by atoms with Gasteiger partial charge in [0.1, 0.15) is 11.9 Å². The molecule has 1 atom stereocenters. The molecule has 5 nitrogen and oxygen atoms in total. The maximum absolute atomic E-state index is 14.2. The van der Waals surface area contributed by atoms with Gasteiger partial charge in [-0.1, -0.05) is 35.1 Å². The summed E-state index contributed by atoms with van der Waals surface area (Å²) in [5, 5.41) is 2.08. The summed E-state index contributed by atoms with van der Waals surface area (Å²) >= 11 is 8.65. The van der Waals surface area contributed by atoms with E-state index in [-0.39, 0.29) is 20.7 Å². The molecule has 1 aliphatic rings. The van der Waals surface area contributed by atoms with Crippen LogP contribution in [0.25, 0.3) is 6.08 Å². The van der Waals surface area contributed by atoms with E-state index in [1.807, 2.05) is 17.5 Å². The maximum atomic E-state index is 14.2. The molecule has 0 radical (unpaired) electrons. The Bertz CT molecular complexity index is 1300. The fourth-order valence-corrected chi connectivity index (χ4v) is 5.26. The van der Waals surface area contributed by atoms with E-state index in [4.69, 9.17) is 16.3 Å². The van der Waals surface area contributed by atoms with Crippen molar-refractivity contribution in [2.75, 3.05) is 7.11 Å². The number of esters is 1. The van der Waals surface area contributed by atoms with Gasteiger partial charge >= 0.3 is 5.97 Å². The SMILES string of the molecule is COC(=O)C1=C(C)N=c2s/c(=C/c3c(F)cccc3Cl)c(=O)n2[C@H]1c1cccs1. The van der Waals surface area contributed by atoms with E-state index in [2.05, 4.69) is 4.99 Å². The highest BCUT2D eigenvalue weighted by atomic mass is 35.5. The van der Waals surface area contributed by atoms with Gasteiger partial charge in [0.2, 0.25) is 0 Å². The number of thiazole rings is 1. The molecule has 0 aliphatic carbocycles. The minimum absolute atomic E-state index is 0.135. The van der Waals surface area contributed by atoms with Crippen molar-refractivity contribution in [3.05, 3.63) is 88.0 Å². The van der Waals surface area contributed by atoms with Crippen LogP contribution in [-0.2, 0) is 9.53 Å². The lowest BCUT2D eigenvalue weighted by molar-refractivity contribution is -0.136. The van der Waals surface area contributed by atoms with E-state index in [1.54, 1.807) is 13.0 Å². The summed E-state index contributed by atoms with van der Waals surface area (Å²) in [6.07, 6.45) is 1.42. The van der Waals surface area contributed by atoms with Gasteiger partial charge in [-0.2, -0.15) is 0 Å². The van der Waals surface area contributed by atoms with Crippen molar-refractivity contribution in [3.63, 3.8) is 0 Å². The molecule has 0 saturated carbocycles. The number of thiophene rings is 1. The molecule has 0 bridgehead atoms. The number of hydrogen-bond acceptors (Lipinski definition) is 6. The standard InChI is InChI=1S/C20H14ClFN2O3S2/c1-10-16(19(26)27-2)17(14-7-4-8-28-14)24-18(25)15(29-20(24)23-10)9-11-12(21)5-3-6-13(11)22/h3-9,17H,1-2H3/b15-9+/t17-/m0/s1. The number of carbonyl (C=O) groups excluding carboxylic acids is 1. The molecule has 0 fully saturated rings. The number of benzene rings is 1. The highest BCUT2D eigenvalue weighted by Crippen LogP contribution is 2.33. The number of rotatable bonds is 3. The predicted molar refractivity (Wildman–Crippen MR) is 112 cm³/mol. The van der Waals surface area contributed by atoms with E-state index in [0.717, 1.165) is 16.2 Å². The monoisotopic (exact) mass is 448 g/mol. The van der Waals surface area contributed by atoms with Crippen molar-refractivity contribution < 1.29 is 13.9 Å². The lowest BCUT2D eigenvalue weighted by Crippen LogP contribution is -2.39. The number of fused-ring (bicyclic) bond motifs is 1. The van der Waals surface area contributed by atoms with Gasteiger partial charge in [0.05, 0.1) is 27.9 Å². The van der Waals surface area contributed by atoms with E-state index in [1.165, 1.54) is 41.2 Å². The van der Waals surface area contributed by atoms with Crippen LogP contribution in [0.4, 0.5) is 4.39 Å². The number of carbonyl (C=O) groups is 1. The quantitative estimate of drug-likeness (QED) is 0.578. The van der Waals surface area contributed by atoms with Crippen LogP contribution in [-0.4, -0.2) is 17.6 Å². The third-order valence-electron chi connectivity index (χ3n) is 4.51. The Labute approximate surface area is 177 Å². The molecule has 0 amide bonds. The molecule has 4 rings (SSSR count). The molecule has 0 N–H and O–H groups in total. The minimum atomic E-state index is -0.656. The molecule has 9 heteroatoms. The molecule has 1 aliphatic heterocycles. The molecule has 0 unspecified atom stereocenters. The number of nitrogens with zero attached hydrogens (tertiary/aromatic N) is 2. The van der Waals surface area contributed by atoms with Gasteiger partial charge in [-0.25, -0.2) is 14.2 Å². The maximum Gasteiger partial charge on any atom is 0.338 e. The van der Waals surface area contributed by atoms with Gasteiger partial charge < -0.3 is 4.74 Å². The number of methoxy groups -OCH3 is 1. The Morgan fingerprint density at radius 2 is 2.14 bits per heavy atom. The van der Waals surface area contributed by atoms with Crippen molar-refractivity contribution in [2.24, 2.45) is 4.99 Å². The zero-order chi connectivity index (χ0) is 20.7. The van der Waals surface area contributed by atoms with Crippen LogP contribution in [0.5, 0.6) is 0 Å². The topological polar surface area (TPSA) is 60.7 Å². The van der Waals surface area contributed by atoms with Crippen LogP contribution in [0.1, 0.15) is 23.4 Å². The number of ether oxygens (including phenoxy) is 1. The molecule has 0 saturated heterocycles. The van der Waals surface area contributed by atoms with Gasteiger partial charge in [-0.15, -0.1) is 11.3 Å². The first-order valence-electron chi connectivity index (χ1n) is 8.50. The molecule has 1 aromatic carbocycles. The summed E-state index contributed by atoms with van der Waals surface area (Å²) < 4.78 is 20.9. The Kier molecular flexibility index (Phi) is 5.24. The molecular weight excluding hydrogens is 435 g/mol. The molecule has 2 aromatic heterocycles. The second-order valence-electron chi connectivity index (χ2n) is 6.22. The van der Waals surface area contributed by atoms with Crippen molar-refractivity contribution in [3.8, 4) is 0 Å². The first-order valence-corrected chi connectivity index (χ1v) is 10.6. The van der Waals surface area contributed by atoms with Crippen LogP contribution in [0.3, 0.4) is 0 Å². The molecular formula is C20H14ClFN2O3S2. The second-order valence-corrected chi connectivity index (χ2v) is 8.62. The highest BCUT2D eigenvalue weighted by molar-refractivity contribution is 7.10. The van der Waals surface area contributed by atoms with E-state index >= 15 is 0 Å². The summed E-state index contributed by atoms with van der Waals surface area (Å²) in [6.45, 7) is 1.71. The third-order valence-corrected chi connectivity index (χ3v) is 6.75. The first kappa shape index (κ1) is 19.8. The Morgan fingerprint density at radius 3 is 2.79 bits per heavy atom.